The maximum Gasteiger partial charge on any atom is 0.254 e. The first-order valence-electron chi connectivity index (χ1n) is 8.13. The van der Waals surface area contributed by atoms with E-state index in [1.165, 1.54) is 12.0 Å². The molecular formula is C19H19N3O4. The van der Waals surface area contributed by atoms with Crippen molar-refractivity contribution in [1.82, 2.24) is 4.90 Å². The summed E-state index contributed by atoms with van der Waals surface area (Å²) in [5.74, 6) is 0.252. The monoisotopic (exact) mass is 353 g/mol. The summed E-state index contributed by atoms with van der Waals surface area (Å²) < 4.78 is 5.76. The minimum absolute atomic E-state index is 0.311. The number of rotatable bonds is 5. The van der Waals surface area contributed by atoms with Crippen LogP contribution in [0, 0.1) is 0 Å². The zero-order chi connectivity index (χ0) is 18.5. The van der Waals surface area contributed by atoms with E-state index < -0.39 is 11.9 Å². The number of nitrogens with zero attached hydrogens (tertiary/aromatic N) is 2. The number of hydrogen-bond donors (Lipinski definition) is 1. The first-order chi connectivity index (χ1) is 12.6. The first-order valence-corrected chi connectivity index (χ1v) is 8.13. The lowest BCUT2D eigenvalue weighted by atomic mass is 10.1. The van der Waals surface area contributed by atoms with E-state index in [0.717, 1.165) is 0 Å². The van der Waals surface area contributed by atoms with E-state index in [1.54, 1.807) is 24.3 Å². The van der Waals surface area contributed by atoms with Crippen LogP contribution in [0.1, 0.15) is 16.8 Å². The lowest BCUT2D eigenvalue weighted by Gasteiger charge is -2.22. The zero-order valence-corrected chi connectivity index (χ0v) is 14.3. The van der Waals surface area contributed by atoms with E-state index in [-0.39, 0.29) is 5.91 Å². The molecule has 0 radical (unpaired) electrons. The molecule has 1 aliphatic heterocycles. The van der Waals surface area contributed by atoms with E-state index in [2.05, 4.69) is 5.16 Å². The summed E-state index contributed by atoms with van der Waals surface area (Å²) in [5, 5.41) is 3.82. The predicted molar refractivity (Wildman–Crippen MR) is 96.0 cm³/mol. The number of para-hydroxylation sites is 1. The molecule has 134 valence electrons. The Morgan fingerprint density at radius 3 is 2.54 bits per heavy atom. The minimum atomic E-state index is -0.902. The molecule has 0 aromatic heterocycles. The Labute approximate surface area is 151 Å². The average molecular weight is 353 g/mol. The molecule has 2 N–H and O–H groups in total. The van der Waals surface area contributed by atoms with Gasteiger partial charge in [-0.1, -0.05) is 29.4 Å². The molecule has 1 aliphatic rings. The average Bonchev–Trinajstić information content (AvgIpc) is 3.06. The SMILES string of the molecule is CON=C1CCN(C(=O)c2cccc(Oc3ccccc3)c2)C1C(N)=O. The van der Waals surface area contributed by atoms with Gasteiger partial charge in [0.2, 0.25) is 5.91 Å². The zero-order valence-electron chi connectivity index (χ0n) is 14.3. The topological polar surface area (TPSA) is 94.2 Å². The third kappa shape index (κ3) is 3.66. The number of benzene rings is 2. The molecule has 2 aromatic carbocycles. The fourth-order valence-electron chi connectivity index (χ4n) is 2.91. The van der Waals surface area contributed by atoms with Gasteiger partial charge < -0.3 is 20.2 Å². The molecule has 1 atom stereocenters. The van der Waals surface area contributed by atoms with Crippen LogP contribution in [0.25, 0.3) is 0 Å². The number of carbonyl (C=O) groups is 2. The van der Waals surface area contributed by atoms with Crippen molar-refractivity contribution < 1.29 is 19.2 Å². The van der Waals surface area contributed by atoms with Gasteiger partial charge in [0.25, 0.3) is 5.91 Å². The van der Waals surface area contributed by atoms with Gasteiger partial charge in [-0.3, -0.25) is 9.59 Å². The minimum Gasteiger partial charge on any atom is -0.457 e. The number of ether oxygens (including phenoxy) is 1. The highest BCUT2D eigenvalue weighted by atomic mass is 16.6. The third-order valence-corrected chi connectivity index (χ3v) is 4.03. The van der Waals surface area contributed by atoms with Crippen LogP contribution in [0.3, 0.4) is 0 Å². The van der Waals surface area contributed by atoms with Gasteiger partial charge in [-0.05, 0) is 30.3 Å². The Hall–Kier alpha value is -3.35. The number of amides is 2. The first kappa shape index (κ1) is 17.5. The molecule has 2 amide bonds. The molecule has 7 nitrogen and oxygen atoms in total. The van der Waals surface area contributed by atoms with Gasteiger partial charge in [-0.15, -0.1) is 0 Å². The molecule has 1 unspecified atom stereocenters. The lowest BCUT2D eigenvalue weighted by molar-refractivity contribution is -0.120. The molecule has 0 bridgehead atoms. The van der Waals surface area contributed by atoms with Gasteiger partial charge in [-0.25, -0.2) is 0 Å². The van der Waals surface area contributed by atoms with Crippen molar-refractivity contribution in [2.24, 2.45) is 10.9 Å². The molecular weight excluding hydrogens is 334 g/mol. The molecule has 1 fully saturated rings. The second-order valence-electron chi connectivity index (χ2n) is 5.76. The number of oxime groups is 1. The molecule has 3 rings (SSSR count). The highest BCUT2D eigenvalue weighted by molar-refractivity contribution is 6.13. The lowest BCUT2D eigenvalue weighted by Crippen LogP contribution is -2.46. The van der Waals surface area contributed by atoms with Gasteiger partial charge in [0.1, 0.15) is 18.6 Å². The molecule has 1 saturated heterocycles. The van der Waals surface area contributed by atoms with Crippen molar-refractivity contribution in [2.45, 2.75) is 12.5 Å². The van der Waals surface area contributed by atoms with Crippen molar-refractivity contribution in [1.29, 1.82) is 0 Å². The van der Waals surface area contributed by atoms with Crippen LogP contribution in [0.4, 0.5) is 0 Å². The van der Waals surface area contributed by atoms with E-state index >= 15 is 0 Å². The third-order valence-electron chi connectivity index (χ3n) is 4.03. The van der Waals surface area contributed by atoms with Crippen LogP contribution < -0.4 is 10.5 Å². The summed E-state index contributed by atoms with van der Waals surface area (Å²) in [6, 6.07) is 15.2. The van der Waals surface area contributed by atoms with Crippen molar-refractivity contribution in [2.75, 3.05) is 13.7 Å². The van der Waals surface area contributed by atoms with Gasteiger partial charge in [0.15, 0.2) is 6.04 Å². The number of nitrogens with two attached hydrogens (primary N) is 1. The molecule has 7 heteroatoms. The van der Waals surface area contributed by atoms with Crippen LogP contribution in [-0.2, 0) is 9.63 Å². The van der Waals surface area contributed by atoms with E-state index in [4.69, 9.17) is 15.3 Å². The van der Waals surface area contributed by atoms with Crippen molar-refractivity contribution in [3.63, 3.8) is 0 Å². The van der Waals surface area contributed by atoms with Crippen LogP contribution in [0.2, 0.25) is 0 Å². The normalized spacial score (nSPS) is 18.0. The van der Waals surface area contributed by atoms with Crippen LogP contribution >= 0.6 is 0 Å². The maximum atomic E-state index is 12.9. The molecule has 0 aliphatic carbocycles. The van der Waals surface area contributed by atoms with E-state index in [1.807, 2.05) is 30.3 Å². The number of carbonyl (C=O) groups excluding carboxylic acids is 2. The number of primary amides is 1. The van der Waals surface area contributed by atoms with E-state index in [9.17, 15) is 9.59 Å². The number of hydrogen-bond acceptors (Lipinski definition) is 5. The fraction of sp³-hybridized carbons (Fsp3) is 0.211. The smallest absolute Gasteiger partial charge is 0.254 e. The van der Waals surface area contributed by atoms with Gasteiger partial charge >= 0.3 is 0 Å². The second-order valence-corrected chi connectivity index (χ2v) is 5.76. The Morgan fingerprint density at radius 1 is 1.12 bits per heavy atom. The molecule has 26 heavy (non-hydrogen) atoms. The van der Waals surface area contributed by atoms with Crippen LogP contribution in [-0.4, -0.2) is 42.1 Å². The van der Waals surface area contributed by atoms with E-state index in [0.29, 0.717) is 35.7 Å². The highest BCUT2D eigenvalue weighted by Crippen LogP contribution is 2.24. The summed E-state index contributed by atoms with van der Waals surface area (Å²) in [6.07, 6.45) is 0.438. The standard InChI is InChI=1S/C19H19N3O4/c1-25-21-16-10-11-22(17(16)18(20)23)19(24)13-6-5-9-15(12-13)26-14-7-3-2-4-8-14/h2-9,12,17H,10-11H2,1H3,(H2,20,23). The van der Waals surface area contributed by atoms with Gasteiger partial charge in [0.05, 0.1) is 5.71 Å². The molecule has 0 spiro atoms. The Kier molecular flexibility index (Phi) is 5.17. The Balaban J connectivity index is 1.82. The van der Waals surface area contributed by atoms with Gasteiger partial charge in [0, 0.05) is 18.5 Å². The Bertz CT molecular complexity index is 836. The summed E-state index contributed by atoms with van der Waals surface area (Å²) in [5.41, 5.74) is 6.32. The fourth-order valence-corrected chi connectivity index (χ4v) is 2.91. The summed E-state index contributed by atoms with van der Waals surface area (Å²) >= 11 is 0. The van der Waals surface area contributed by atoms with Crippen molar-refractivity contribution in [3.8, 4) is 11.5 Å². The van der Waals surface area contributed by atoms with Crippen LogP contribution in [0.15, 0.2) is 59.8 Å². The molecule has 2 aromatic rings. The Morgan fingerprint density at radius 2 is 1.85 bits per heavy atom. The molecule has 1 heterocycles. The van der Waals surface area contributed by atoms with Crippen LogP contribution in [0.5, 0.6) is 11.5 Å². The van der Waals surface area contributed by atoms with Gasteiger partial charge in [-0.2, -0.15) is 0 Å². The van der Waals surface area contributed by atoms with Crippen molar-refractivity contribution in [3.05, 3.63) is 60.2 Å². The summed E-state index contributed by atoms with van der Waals surface area (Å²) in [4.78, 5) is 30.8. The van der Waals surface area contributed by atoms with Crippen molar-refractivity contribution >= 4 is 17.5 Å². The quantitative estimate of drug-likeness (QED) is 0.834. The largest absolute Gasteiger partial charge is 0.457 e. The highest BCUT2D eigenvalue weighted by Gasteiger charge is 2.39. The summed E-state index contributed by atoms with van der Waals surface area (Å²) in [6.45, 7) is 0.346. The molecule has 0 saturated carbocycles. The summed E-state index contributed by atoms with van der Waals surface area (Å²) in [7, 11) is 1.39. The second kappa shape index (κ2) is 7.69. The maximum absolute atomic E-state index is 12.9. The predicted octanol–water partition coefficient (Wildman–Crippen LogP) is 2.18. The number of likely N-dealkylation sites (tertiary alicyclic amines) is 1.